The lowest BCUT2D eigenvalue weighted by Crippen LogP contribution is -2.28. The molecule has 2 amide bonds. The number of fused-ring (bicyclic) bond motifs is 1. The van der Waals surface area contributed by atoms with Crippen molar-refractivity contribution in [1.29, 1.82) is 0 Å². The third-order valence-corrected chi connectivity index (χ3v) is 3.25. The number of rotatable bonds is 3. The molecule has 0 saturated heterocycles. The molecule has 24 heavy (non-hydrogen) atoms. The van der Waals surface area contributed by atoms with Crippen molar-refractivity contribution < 1.29 is 18.7 Å². The summed E-state index contributed by atoms with van der Waals surface area (Å²) in [7, 11) is 0. The normalized spacial score (nSPS) is 13.1. The summed E-state index contributed by atoms with van der Waals surface area (Å²) in [4.78, 5) is 20.4. The molecule has 3 heterocycles. The van der Waals surface area contributed by atoms with E-state index in [1.54, 1.807) is 18.3 Å². The van der Waals surface area contributed by atoms with E-state index in [4.69, 9.17) is 13.9 Å². The molecule has 4 rings (SSSR count). The first-order chi connectivity index (χ1) is 11.8. The van der Waals surface area contributed by atoms with Crippen LogP contribution in [0.2, 0.25) is 0 Å². The van der Waals surface area contributed by atoms with Crippen molar-refractivity contribution in [2.24, 2.45) is 0 Å². The molecule has 0 saturated carbocycles. The van der Waals surface area contributed by atoms with Crippen molar-refractivity contribution in [1.82, 2.24) is 15.3 Å². The molecule has 3 aromatic rings. The van der Waals surface area contributed by atoms with Gasteiger partial charge in [0.1, 0.15) is 17.6 Å². The van der Waals surface area contributed by atoms with Gasteiger partial charge in [-0.25, -0.2) is 14.8 Å². The van der Waals surface area contributed by atoms with Gasteiger partial charge in [0.15, 0.2) is 5.58 Å². The van der Waals surface area contributed by atoms with Crippen LogP contribution in [0.15, 0.2) is 59.2 Å². The standard InChI is InChI=1S/C16H12N4O4/c21-16(20-14-8-22-9-23-14)19-13-7-10(5-6-17-13)15-18-11-3-1-2-4-12(11)24-15/h1-8H,9H2,(H2,17,19,20,21). The van der Waals surface area contributed by atoms with Gasteiger partial charge in [-0.3, -0.25) is 10.6 Å². The number of nitrogens with zero attached hydrogens (tertiary/aromatic N) is 2. The second-order valence-corrected chi connectivity index (χ2v) is 4.91. The highest BCUT2D eigenvalue weighted by atomic mass is 16.7. The summed E-state index contributed by atoms with van der Waals surface area (Å²) in [6.45, 7) is 0.0844. The molecule has 0 unspecified atom stereocenters. The minimum absolute atomic E-state index is 0.0844. The molecule has 120 valence electrons. The van der Waals surface area contributed by atoms with Crippen LogP contribution in [-0.4, -0.2) is 22.8 Å². The van der Waals surface area contributed by atoms with Crippen molar-refractivity contribution in [3.63, 3.8) is 0 Å². The number of hydrogen-bond acceptors (Lipinski definition) is 6. The second-order valence-electron chi connectivity index (χ2n) is 4.91. The number of hydrogen-bond donors (Lipinski definition) is 2. The Morgan fingerprint density at radius 3 is 2.92 bits per heavy atom. The number of aromatic nitrogens is 2. The van der Waals surface area contributed by atoms with Crippen molar-refractivity contribution in [2.75, 3.05) is 12.1 Å². The Morgan fingerprint density at radius 2 is 2.08 bits per heavy atom. The summed E-state index contributed by atoms with van der Waals surface area (Å²) >= 11 is 0. The zero-order valence-corrected chi connectivity index (χ0v) is 12.4. The first-order valence-electron chi connectivity index (χ1n) is 7.12. The third kappa shape index (κ3) is 2.84. The fourth-order valence-corrected chi connectivity index (χ4v) is 2.19. The molecule has 1 aliphatic rings. The van der Waals surface area contributed by atoms with E-state index in [1.807, 2.05) is 24.3 Å². The Balaban J connectivity index is 1.53. The molecule has 8 heteroatoms. The molecule has 0 spiro atoms. The van der Waals surface area contributed by atoms with Gasteiger partial charge in [0.25, 0.3) is 0 Å². The van der Waals surface area contributed by atoms with E-state index >= 15 is 0 Å². The van der Waals surface area contributed by atoms with E-state index in [2.05, 4.69) is 20.6 Å². The zero-order valence-electron chi connectivity index (χ0n) is 12.4. The number of benzene rings is 1. The summed E-state index contributed by atoms with van der Waals surface area (Å²) in [5, 5.41) is 5.10. The van der Waals surface area contributed by atoms with Gasteiger partial charge in [0, 0.05) is 11.8 Å². The Bertz CT molecular complexity index is 901. The summed E-state index contributed by atoms with van der Waals surface area (Å²) < 4.78 is 15.6. The highest BCUT2D eigenvalue weighted by Gasteiger charge is 2.13. The molecule has 2 aromatic heterocycles. The molecule has 0 bridgehead atoms. The number of amides is 2. The van der Waals surface area contributed by atoms with Crippen LogP contribution in [0.3, 0.4) is 0 Å². The number of oxazole rings is 1. The molecule has 8 nitrogen and oxygen atoms in total. The Hall–Kier alpha value is -3.55. The fraction of sp³-hybridized carbons (Fsp3) is 0.0625. The highest BCUT2D eigenvalue weighted by Crippen LogP contribution is 2.25. The van der Waals surface area contributed by atoms with Crippen LogP contribution in [0.4, 0.5) is 10.6 Å². The number of para-hydroxylation sites is 2. The maximum absolute atomic E-state index is 11.9. The number of carbonyl (C=O) groups is 1. The smallest absolute Gasteiger partial charge is 0.327 e. The number of ether oxygens (including phenoxy) is 2. The van der Waals surface area contributed by atoms with Gasteiger partial charge in [-0.05, 0) is 24.3 Å². The van der Waals surface area contributed by atoms with Crippen molar-refractivity contribution in [3.8, 4) is 11.5 Å². The summed E-state index contributed by atoms with van der Waals surface area (Å²) in [6.07, 6.45) is 2.88. The third-order valence-electron chi connectivity index (χ3n) is 3.25. The topological polar surface area (TPSA) is 98.5 Å². The average Bonchev–Trinajstić information content (AvgIpc) is 3.24. The zero-order chi connectivity index (χ0) is 16.4. The van der Waals surface area contributed by atoms with Gasteiger partial charge in [-0.1, -0.05) is 12.1 Å². The SMILES string of the molecule is O=C(NC1=COCO1)Nc1cc(-c2nc3ccccc3o2)ccn1. The summed E-state index contributed by atoms with van der Waals surface area (Å²) in [5.74, 6) is 1.05. The fourth-order valence-electron chi connectivity index (χ4n) is 2.19. The lowest BCUT2D eigenvalue weighted by molar-refractivity contribution is 0.0761. The van der Waals surface area contributed by atoms with E-state index in [0.29, 0.717) is 22.9 Å². The molecule has 1 aromatic carbocycles. The average molecular weight is 324 g/mol. The first-order valence-corrected chi connectivity index (χ1v) is 7.12. The predicted octanol–water partition coefficient (Wildman–Crippen LogP) is 2.81. The molecule has 2 N–H and O–H groups in total. The van der Waals surface area contributed by atoms with Gasteiger partial charge in [-0.15, -0.1) is 0 Å². The van der Waals surface area contributed by atoms with E-state index in [9.17, 15) is 4.79 Å². The molecule has 0 radical (unpaired) electrons. The maximum Gasteiger partial charge on any atom is 0.327 e. The van der Waals surface area contributed by atoms with Crippen LogP contribution < -0.4 is 10.6 Å². The van der Waals surface area contributed by atoms with Crippen molar-refractivity contribution in [3.05, 3.63) is 54.7 Å². The quantitative estimate of drug-likeness (QED) is 0.768. The van der Waals surface area contributed by atoms with Gasteiger partial charge in [-0.2, -0.15) is 0 Å². The molecular weight excluding hydrogens is 312 g/mol. The number of pyridine rings is 1. The molecule has 0 atom stereocenters. The van der Waals surface area contributed by atoms with Gasteiger partial charge in [0.2, 0.25) is 18.6 Å². The van der Waals surface area contributed by atoms with Gasteiger partial charge >= 0.3 is 6.03 Å². The van der Waals surface area contributed by atoms with Crippen LogP contribution >= 0.6 is 0 Å². The van der Waals surface area contributed by atoms with Crippen LogP contribution in [0.1, 0.15) is 0 Å². The lowest BCUT2D eigenvalue weighted by Gasteiger charge is -2.06. The predicted molar refractivity (Wildman–Crippen MR) is 84.5 cm³/mol. The minimum Gasteiger partial charge on any atom is -0.459 e. The second kappa shape index (κ2) is 5.92. The molecular formula is C16H12N4O4. The Morgan fingerprint density at radius 1 is 1.17 bits per heavy atom. The van der Waals surface area contributed by atoms with E-state index in [0.717, 1.165) is 5.52 Å². The van der Waals surface area contributed by atoms with E-state index in [1.165, 1.54) is 6.26 Å². The number of urea groups is 1. The highest BCUT2D eigenvalue weighted by molar-refractivity contribution is 5.89. The van der Waals surface area contributed by atoms with Crippen LogP contribution in [0.25, 0.3) is 22.6 Å². The van der Waals surface area contributed by atoms with Crippen LogP contribution in [0.5, 0.6) is 0 Å². The van der Waals surface area contributed by atoms with Crippen LogP contribution in [0, 0.1) is 0 Å². The number of anilines is 1. The summed E-state index contributed by atoms with van der Waals surface area (Å²) in [5.41, 5.74) is 2.17. The Kier molecular flexibility index (Phi) is 3.47. The van der Waals surface area contributed by atoms with Gasteiger partial charge < -0.3 is 13.9 Å². The largest absolute Gasteiger partial charge is 0.459 e. The number of nitrogens with one attached hydrogen (secondary N) is 2. The van der Waals surface area contributed by atoms with Crippen molar-refractivity contribution in [2.45, 2.75) is 0 Å². The first kappa shape index (κ1) is 14.1. The van der Waals surface area contributed by atoms with E-state index < -0.39 is 6.03 Å². The van der Waals surface area contributed by atoms with Gasteiger partial charge in [0.05, 0.1) is 0 Å². The number of carbonyl (C=O) groups excluding carboxylic acids is 1. The maximum atomic E-state index is 11.9. The van der Waals surface area contributed by atoms with Crippen LogP contribution in [-0.2, 0) is 9.47 Å². The molecule has 1 aliphatic heterocycles. The Labute approximate surface area is 136 Å². The summed E-state index contributed by atoms with van der Waals surface area (Å²) in [6, 6.07) is 10.4. The minimum atomic E-state index is -0.492. The molecule has 0 aliphatic carbocycles. The van der Waals surface area contributed by atoms with E-state index in [-0.39, 0.29) is 12.7 Å². The molecule has 0 fully saturated rings. The van der Waals surface area contributed by atoms with Crippen molar-refractivity contribution >= 4 is 22.9 Å². The monoisotopic (exact) mass is 324 g/mol. The lowest BCUT2D eigenvalue weighted by atomic mass is 10.2.